The van der Waals surface area contributed by atoms with Gasteiger partial charge >= 0.3 is 0 Å². The van der Waals surface area contributed by atoms with E-state index < -0.39 is 0 Å². The average molecular weight is 287 g/mol. The van der Waals surface area contributed by atoms with Gasteiger partial charge in [-0.1, -0.05) is 81.4 Å². The van der Waals surface area contributed by atoms with E-state index in [0.29, 0.717) is 0 Å². The molecule has 0 radical (unpaired) electrons. The van der Waals surface area contributed by atoms with Crippen molar-refractivity contribution in [2.75, 3.05) is 0 Å². The SMILES string of the molecule is CC(C)(C)c1cccc(-c2ccc(-c3ccccc3)nc2)c1. The van der Waals surface area contributed by atoms with Gasteiger partial charge in [-0.15, -0.1) is 0 Å². The van der Waals surface area contributed by atoms with Gasteiger partial charge in [0.1, 0.15) is 0 Å². The summed E-state index contributed by atoms with van der Waals surface area (Å²) in [5.74, 6) is 0. The molecule has 0 aliphatic rings. The first-order valence-electron chi connectivity index (χ1n) is 7.66. The van der Waals surface area contributed by atoms with Crippen LogP contribution in [0.4, 0.5) is 0 Å². The van der Waals surface area contributed by atoms with Gasteiger partial charge in [0.2, 0.25) is 0 Å². The van der Waals surface area contributed by atoms with Crippen LogP contribution in [0.1, 0.15) is 26.3 Å². The number of rotatable bonds is 2. The Bertz CT molecular complexity index is 750. The monoisotopic (exact) mass is 287 g/mol. The van der Waals surface area contributed by atoms with E-state index in [1.807, 2.05) is 24.4 Å². The van der Waals surface area contributed by atoms with E-state index in [9.17, 15) is 0 Å². The van der Waals surface area contributed by atoms with Crippen molar-refractivity contribution in [3.8, 4) is 22.4 Å². The third kappa shape index (κ3) is 3.09. The molecule has 0 saturated heterocycles. The molecule has 1 aromatic heterocycles. The van der Waals surface area contributed by atoms with Crippen molar-refractivity contribution in [3.05, 3.63) is 78.5 Å². The lowest BCUT2D eigenvalue weighted by Gasteiger charge is -2.19. The molecule has 0 unspecified atom stereocenters. The van der Waals surface area contributed by atoms with Gasteiger partial charge in [0.25, 0.3) is 0 Å². The molecule has 1 nitrogen and oxygen atoms in total. The van der Waals surface area contributed by atoms with E-state index in [0.717, 1.165) is 16.8 Å². The van der Waals surface area contributed by atoms with Gasteiger partial charge in [0.15, 0.2) is 0 Å². The van der Waals surface area contributed by atoms with Crippen LogP contribution < -0.4 is 0 Å². The first kappa shape index (κ1) is 14.5. The molecular weight excluding hydrogens is 266 g/mol. The van der Waals surface area contributed by atoms with E-state index in [-0.39, 0.29) is 5.41 Å². The van der Waals surface area contributed by atoms with E-state index in [4.69, 9.17) is 0 Å². The fourth-order valence-corrected chi connectivity index (χ4v) is 2.51. The van der Waals surface area contributed by atoms with E-state index in [1.54, 1.807) is 0 Å². The third-order valence-electron chi connectivity index (χ3n) is 3.89. The average Bonchev–Trinajstić information content (AvgIpc) is 2.55. The van der Waals surface area contributed by atoms with E-state index >= 15 is 0 Å². The standard InChI is InChI=1S/C21H21N/c1-21(2,3)19-11-7-10-17(14-19)18-12-13-20(22-15-18)16-8-5-4-6-9-16/h4-15H,1-3H3. The van der Waals surface area contributed by atoms with Crippen LogP contribution in [0.15, 0.2) is 72.9 Å². The Morgan fingerprint density at radius 3 is 2.05 bits per heavy atom. The molecule has 0 saturated carbocycles. The number of nitrogens with zero attached hydrogens (tertiary/aromatic N) is 1. The van der Waals surface area contributed by atoms with Crippen molar-refractivity contribution in [2.45, 2.75) is 26.2 Å². The molecule has 0 aliphatic heterocycles. The van der Waals surface area contributed by atoms with Gasteiger partial charge in [0.05, 0.1) is 5.69 Å². The summed E-state index contributed by atoms with van der Waals surface area (Å²) in [7, 11) is 0. The highest BCUT2D eigenvalue weighted by molar-refractivity contribution is 5.67. The lowest BCUT2D eigenvalue weighted by Crippen LogP contribution is -2.10. The summed E-state index contributed by atoms with van der Waals surface area (Å²) in [5.41, 5.74) is 6.05. The molecule has 0 N–H and O–H groups in total. The summed E-state index contributed by atoms with van der Waals surface area (Å²) < 4.78 is 0. The normalized spacial score (nSPS) is 11.4. The molecule has 0 amide bonds. The van der Waals surface area contributed by atoms with Crippen LogP contribution in [0.25, 0.3) is 22.4 Å². The zero-order valence-corrected chi connectivity index (χ0v) is 13.4. The van der Waals surface area contributed by atoms with E-state index in [1.165, 1.54) is 11.1 Å². The molecule has 1 heterocycles. The predicted molar refractivity (Wildman–Crippen MR) is 93.8 cm³/mol. The fourth-order valence-electron chi connectivity index (χ4n) is 2.51. The lowest BCUT2D eigenvalue weighted by molar-refractivity contribution is 0.590. The molecule has 3 aromatic rings. The van der Waals surface area contributed by atoms with Gasteiger partial charge in [0, 0.05) is 17.3 Å². The Balaban J connectivity index is 1.94. The second-order valence-corrected chi connectivity index (χ2v) is 6.63. The van der Waals surface area contributed by atoms with Crippen LogP contribution in [0, 0.1) is 0 Å². The molecule has 0 bridgehead atoms. The van der Waals surface area contributed by atoms with Crippen LogP contribution in [-0.4, -0.2) is 4.98 Å². The fraction of sp³-hybridized carbons (Fsp3) is 0.190. The zero-order valence-electron chi connectivity index (χ0n) is 13.4. The second-order valence-electron chi connectivity index (χ2n) is 6.63. The predicted octanol–water partition coefficient (Wildman–Crippen LogP) is 5.71. The molecule has 2 aromatic carbocycles. The van der Waals surface area contributed by atoms with Gasteiger partial charge in [-0.05, 0) is 22.6 Å². The first-order valence-corrected chi connectivity index (χ1v) is 7.66. The number of aromatic nitrogens is 1. The summed E-state index contributed by atoms with van der Waals surface area (Å²) in [5, 5.41) is 0. The minimum absolute atomic E-state index is 0.160. The summed E-state index contributed by atoms with van der Waals surface area (Å²) >= 11 is 0. The molecule has 0 fully saturated rings. The van der Waals surface area contributed by atoms with Crippen LogP contribution in [0.3, 0.4) is 0 Å². The minimum atomic E-state index is 0.160. The summed E-state index contributed by atoms with van der Waals surface area (Å²) in [4.78, 5) is 4.62. The van der Waals surface area contributed by atoms with Crippen molar-refractivity contribution in [1.29, 1.82) is 0 Å². The molecule has 1 heteroatoms. The van der Waals surface area contributed by atoms with Crippen molar-refractivity contribution in [1.82, 2.24) is 4.98 Å². The highest BCUT2D eigenvalue weighted by atomic mass is 14.7. The minimum Gasteiger partial charge on any atom is -0.256 e. The maximum Gasteiger partial charge on any atom is 0.0702 e. The van der Waals surface area contributed by atoms with Gasteiger partial charge < -0.3 is 0 Å². The maximum absolute atomic E-state index is 4.62. The number of benzene rings is 2. The van der Waals surface area contributed by atoms with Crippen LogP contribution >= 0.6 is 0 Å². The third-order valence-corrected chi connectivity index (χ3v) is 3.89. The molecule has 0 aliphatic carbocycles. The maximum atomic E-state index is 4.62. The molecule has 3 rings (SSSR count). The van der Waals surface area contributed by atoms with E-state index in [2.05, 4.69) is 74.3 Å². The molecule has 0 atom stereocenters. The number of hydrogen-bond acceptors (Lipinski definition) is 1. The Kier molecular flexibility index (Phi) is 3.81. The molecule has 22 heavy (non-hydrogen) atoms. The van der Waals surface area contributed by atoms with Crippen LogP contribution in [0.2, 0.25) is 0 Å². The summed E-state index contributed by atoms with van der Waals surface area (Å²) in [6, 6.07) is 23.2. The summed E-state index contributed by atoms with van der Waals surface area (Å²) in [6.45, 7) is 6.72. The van der Waals surface area contributed by atoms with Gasteiger partial charge in [-0.2, -0.15) is 0 Å². The summed E-state index contributed by atoms with van der Waals surface area (Å²) in [6.07, 6.45) is 1.96. The molecule has 0 spiro atoms. The molecular formula is C21H21N. The lowest BCUT2D eigenvalue weighted by atomic mass is 9.85. The largest absolute Gasteiger partial charge is 0.256 e. The van der Waals surface area contributed by atoms with Crippen molar-refractivity contribution in [3.63, 3.8) is 0 Å². The zero-order chi connectivity index (χ0) is 15.6. The van der Waals surface area contributed by atoms with Gasteiger partial charge in [-0.25, -0.2) is 0 Å². The smallest absolute Gasteiger partial charge is 0.0702 e. The molecule has 110 valence electrons. The van der Waals surface area contributed by atoms with Crippen LogP contribution in [-0.2, 0) is 5.41 Å². The Hall–Kier alpha value is -2.41. The van der Waals surface area contributed by atoms with Crippen molar-refractivity contribution in [2.24, 2.45) is 0 Å². The van der Waals surface area contributed by atoms with Crippen LogP contribution in [0.5, 0.6) is 0 Å². The highest BCUT2D eigenvalue weighted by Crippen LogP contribution is 2.28. The van der Waals surface area contributed by atoms with Gasteiger partial charge in [-0.3, -0.25) is 4.98 Å². The number of pyridine rings is 1. The van der Waals surface area contributed by atoms with Crippen molar-refractivity contribution >= 4 is 0 Å². The second kappa shape index (κ2) is 5.76. The Morgan fingerprint density at radius 2 is 1.41 bits per heavy atom. The Labute approximate surface area is 132 Å². The topological polar surface area (TPSA) is 12.9 Å². The Morgan fingerprint density at radius 1 is 0.682 bits per heavy atom. The quantitative estimate of drug-likeness (QED) is 0.588. The highest BCUT2D eigenvalue weighted by Gasteiger charge is 2.14. The first-order chi connectivity index (χ1) is 10.5. The number of hydrogen-bond donors (Lipinski definition) is 0. The van der Waals surface area contributed by atoms with Crippen molar-refractivity contribution < 1.29 is 0 Å².